The van der Waals surface area contributed by atoms with Crippen molar-refractivity contribution in [2.75, 3.05) is 0 Å². The van der Waals surface area contributed by atoms with Gasteiger partial charge in [-0.3, -0.25) is 9.36 Å². The first-order valence-electron chi connectivity index (χ1n) is 6.37. The van der Waals surface area contributed by atoms with Crippen LogP contribution in [0.2, 0.25) is 0 Å². The average Bonchev–Trinajstić information content (AvgIpc) is 2.66. The second kappa shape index (κ2) is 5.30. The molecule has 5 heteroatoms. The summed E-state index contributed by atoms with van der Waals surface area (Å²) < 4.78 is 6.69. The lowest BCUT2D eigenvalue weighted by Gasteiger charge is -2.15. The molecule has 2 rings (SSSR count). The molecule has 0 saturated heterocycles. The molecular weight excluding hydrogens is 244 g/mol. The summed E-state index contributed by atoms with van der Waals surface area (Å²) in [6.45, 7) is 5.94. The first-order chi connectivity index (χ1) is 8.99. The summed E-state index contributed by atoms with van der Waals surface area (Å²) in [4.78, 5) is 23.4. The van der Waals surface area contributed by atoms with Crippen molar-refractivity contribution in [1.29, 1.82) is 0 Å². The van der Waals surface area contributed by atoms with Gasteiger partial charge in [0.05, 0.1) is 5.52 Å². The van der Waals surface area contributed by atoms with Crippen LogP contribution in [0.5, 0.6) is 0 Å². The van der Waals surface area contributed by atoms with E-state index in [-0.39, 0.29) is 17.9 Å². The largest absolute Gasteiger partial charge is 0.420 e. The fraction of sp³-hybridized carbons (Fsp3) is 0.429. The number of aromatic nitrogens is 1. The van der Waals surface area contributed by atoms with Crippen LogP contribution in [0.3, 0.4) is 0 Å². The normalized spacial score (nSPS) is 12.8. The molecule has 0 spiro atoms. The summed E-state index contributed by atoms with van der Waals surface area (Å²) in [5.74, 6) is -0.486. The molecule has 2 aromatic rings. The van der Waals surface area contributed by atoms with E-state index in [2.05, 4.69) is 5.32 Å². The van der Waals surface area contributed by atoms with Crippen LogP contribution in [0.25, 0.3) is 11.1 Å². The molecule has 0 aliphatic rings. The van der Waals surface area contributed by atoms with Gasteiger partial charge in [0, 0.05) is 18.5 Å². The molecule has 0 saturated carbocycles. The summed E-state index contributed by atoms with van der Waals surface area (Å²) in [6.07, 6.45) is 0. The third kappa shape index (κ3) is 2.86. The van der Waals surface area contributed by atoms with E-state index >= 15 is 0 Å². The minimum atomic E-state index is -0.396. The van der Waals surface area contributed by atoms with Crippen molar-refractivity contribution < 1.29 is 9.21 Å². The van der Waals surface area contributed by atoms with Crippen LogP contribution < -0.4 is 11.1 Å². The number of rotatable bonds is 4. The number of hydrogen-bond acceptors (Lipinski definition) is 3. The second-order valence-corrected chi connectivity index (χ2v) is 5.01. The maximum Gasteiger partial charge on any atom is 0.420 e. The Hall–Kier alpha value is -2.04. The van der Waals surface area contributed by atoms with E-state index in [4.69, 9.17) is 4.42 Å². The van der Waals surface area contributed by atoms with Gasteiger partial charge in [0.25, 0.3) is 0 Å². The molecule has 1 aromatic carbocycles. The lowest BCUT2D eigenvalue weighted by Crippen LogP contribution is -2.39. The van der Waals surface area contributed by atoms with Crippen molar-refractivity contribution in [3.05, 3.63) is 34.8 Å². The molecule has 1 aromatic heterocycles. The van der Waals surface area contributed by atoms with Gasteiger partial charge in [-0.15, -0.1) is 0 Å². The van der Waals surface area contributed by atoms with E-state index < -0.39 is 5.76 Å². The van der Waals surface area contributed by atoms with Gasteiger partial charge in [-0.1, -0.05) is 26.0 Å². The van der Waals surface area contributed by atoms with Gasteiger partial charge in [0.2, 0.25) is 5.91 Å². The summed E-state index contributed by atoms with van der Waals surface area (Å²) in [7, 11) is 0. The molecule has 1 amide bonds. The Bertz CT molecular complexity index is 639. The van der Waals surface area contributed by atoms with Crippen molar-refractivity contribution in [3.8, 4) is 0 Å². The Kier molecular flexibility index (Phi) is 3.74. The van der Waals surface area contributed by atoms with Crippen molar-refractivity contribution in [1.82, 2.24) is 9.88 Å². The SMILES string of the molecule is CC(C)C(=O)N[C@@H](C)Cn1c(=O)oc2ccccc21. The van der Waals surface area contributed by atoms with E-state index in [1.54, 1.807) is 10.6 Å². The maximum absolute atomic E-state index is 11.8. The Balaban J connectivity index is 2.19. The Morgan fingerprint density at radius 2 is 2.00 bits per heavy atom. The first-order valence-corrected chi connectivity index (χ1v) is 6.37. The smallest absolute Gasteiger partial charge is 0.408 e. The molecule has 0 aliphatic carbocycles. The zero-order valence-corrected chi connectivity index (χ0v) is 11.3. The molecular formula is C14H18N2O3. The minimum Gasteiger partial charge on any atom is -0.408 e. The fourth-order valence-electron chi connectivity index (χ4n) is 1.92. The predicted molar refractivity (Wildman–Crippen MR) is 72.9 cm³/mol. The van der Waals surface area contributed by atoms with Crippen molar-refractivity contribution in [3.63, 3.8) is 0 Å². The van der Waals surface area contributed by atoms with Gasteiger partial charge in [0.1, 0.15) is 0 Å². The van der Waals surface area contributed by atoms with Gasteiger partial charge >= 0.3 is 5.76 Å². The minimum absolute atomic E-state index is 0.0200. The van der Waals surface area contributed by atoms with Crippen molar-refractivity contribution >= 4 is 17.0 Å². The van der Waals surface area contributed by atoms with Crippen LogP contribution in [0.15, 0.2) is 33.5 Å². The van der Waals surface area contributed by atoms with Gasteiger partial charge in [-0.2, -0.15) is 0 Å². The topological polar surface area (TPSA) is 64.2 Å². The third-order valence-electron chi connectivity index (χ3n) is 2.94. The lowest BCUT2D eigenvalue weighted by atomic mass is 10.2. The Morgan fingerprint density at radius 3 is 2.68 bits per heavy atom. The lowest BCUT2D eigenvalue weighted by molar-refractivity contribution is -0.124. The van der Waals surface area contributed by atoms with E-state index in [1.165, 1.54) is 0 Å². The van der Waals surface area contributed by atoms with Crippen LogP contribution in [-0.4, -0.2) is 16.5 Å². The molecule has 0 unspecified atom stereocenters. The molecule has 19 heavy (non-hydrogen) atoms. The quantitative estimate of drug-likeness (QED) is 0.913. The Labute approximate surface area is 111 Å². The van der Waals surface area contributed by atoms with Gasteiger partial charge in [-0.25, -0.2) is 4.79 Å². The highest BCUT2D eigenvalue weighted by molar-refractivity contribution is 5.78. The number of para-hydroxylation sites is 2. The second-order valence-electron chi connectivity index (χ2n) is 5.01. The summed E-state index contributed by atoms with van der Waals surface area (Å²) in [5.41, 5.74) is 1.31. The van der Waals surface area contributed by atoms with Crippen LogP contribution in [0.1, 0.15) is 20.8 Å². The van der Waals surface area contributed by atoms with E-state index in [1.807, 2.05) is 39.0 Å². The van der Waals surface area contributed by atoms with Crippen molar-refractivity contribution in [2.45, 2.75) is 33.4 Å². The van der Waals surface area contributed by atoms with Gasteiger partial charge < -0.3 is 9.73 Å². The molecule has 102 valence electrons. The molecule has 0 fully saturated rings. The van der Waals surface area contributed by atoms with Crippen molar-refractivity contribution in [2.24, 2.45) is 5.92 Å². The van der Waals surface area contributed by atoms with Crippen LogP contribution in [0, 0.1) is 5.92 Å². The summed E-state index contributed by atoms with van der Waals surface area (Å²) in [5, 5.41) is 2.87. The number of nitrogens with one attached hydrogen (secondary N) is 1. The number of fused-ring (bicyclic) bond motifs is 1. The molecule has 0 bridgehead atoms. The standard InChI is InChI=1S/C14H18N2O3/c1-9(2)13(17)15-10(3)8-16-11-6-4-5-7-12(11)19-14(16)18/h4-7,9-10H,8H2,1-3H3,(H,15,17)/t10-/m0/s1. The third-order valence-corrected chi connectivity index (χ3v) is 2.94. The number of carbonyl (C=O) groups excluding carboxylic acids is 1. The number of carbonyl (C=O) groups is 1. The highest BCUT2D eigenvalue weighted by Gasteiger charge is 2.14. The monoisotopic (exact) mass is 262 g/mol. The molecule has 5 nitrogen and oxygen atoms in total. The van der Waals surface area contributed by atoms with E-state index in [0.29, 0.717) is 12.1 Å². The highest BCUT2D eigenvalue weighted by Crippen LogP contribution is 2.12. The highest BCUT2D eigenvalue weighted by atomic mass is 16.4. The number of benzene rings is 1. The molecule has 1 N–H and O–H groups in total. The maximum atomic E-state index is 11.8. The summed E-state index contributed by atoms with van der Waals surface area (Å²) in [6, 6.07) is 7.13. The van der Waals surface area contributed by atoms with Gasteiger partial charge in [-0.05, 0) is 19.1 Å². The van der Waals surface area contributed by atoms with E-state index in [9.17, 15) is 9.59 Å². The number of hydrogen-bond donors (Lipinski definition) is 1. The Morgan fingerprint density at radius 1 is 1.32 bits per heavy atom. The summed E-state index contributed by atoms with van der Waals surface area (Å²) >= 11 is 0. The zero-order valence-electron chi connectivity index (χ0n) is 11.3. The average molecular weight is 262 g/mol. The van der Waals surface area contributed by atoms with E-state index in [0.717, 1.165) is 5.52 Å². The molecule has 0 aliphatic heterocycles. The zero-order chi connectivity index (χ0) is 14.0. The molecule has 1 atom stereocenters. The van der Waals surface area contributed by atoms with Crippen LogP contribution in [0.4, 0.5) is 0 Å². The van der Waals surface area contributed by atoms with Gasteiger partial charge in [0.15, 0.2) is 5.58 Å². The first kappa shape index (κ1) is 13.4. The predicted octanol–water partition coefficient (Wildman–Crippen LogP) is 1.76. The number of amides is 1. The fourth-order valence-corrected chi connectivity index (χ4v) is 1.92. The number of nitrogens with zero attached hydrogens (tertiary/aromatic N) is 1. The number of oxazole rings is 1. The van der Waals surface area contributed by atoms with Crippen LogP contribution >= 0.6 is 0 Å². The molecule has 1 heterocycles. The van der Waals surface area contributed by atoms with Crippen LogP contribution in [-0.2, 0) is 11.3 Å². The molecule has 0 radical (unpaired) electrons.